The number of halogens is 2. The SMILES string of the molecule is C#CCNCc1cc(Br)c(O)c(Br)c1. The van der Waals surface area contributed by atoms with Gasteiger partial charge in [-0.15, -0.1) is 6.42 Å². The van der Waals surface area contributed by atoms with E-state index in [-0.39, 0.29) is 5.75 Å². The minimum absolute atomic E-state index is 0.214. The Morgan fingerprint density at radius 1 is 1.36 bits per heavy atom. The minimum Gasteiger partial charge on any atom is -0.506 e. The first-order valence-corrected chi connectivity index (χ1v) is 5.55. The molecule has 0 spiro atoms. The smallest absolute Gasteiger partial charge is 0.143 e. The number of terminal acetylenes is 1. The maximum Gasteiger partial charge on any atom is 0.143 e. The highest BCUT2D eigenvalue weighted by molar-refractivity contribution is 9.11. The van der Waals surface area contributed by atoms with E-state index in [2.05, 4.69) is 43.1 Å². The predicted octanol–water partition coefficient (Wildman–Crippen LogP) is 2.64. The van der Waals surface area contributed by atoms with E-state index in [1.807, 2.05) is 12.1 Å². The first-order valence-electron chi connectivity index (χ1n) is 3.96. The Hall–Kier alpha value is -0.500. The van der Waals surface area contributed by atoms with Crippen LogP contribution in [0.2, 0.25) is 0 Å². The van der Waals surface area contributed by atoms with Gasteiger partial charge in [0.05, 0.1) is 15.5 Å². The van der Waals surface area contributed by atoms with Crippen LogP contribution in [0.15, 0.2) is 21.1 Å². The fraction of sp³-hybridized carbons (Fsp3) is 0.200. The van der Waals surface area contributed by atoms with Gasteiger partial charge in [0.1, 0.15) is 5.75 Å². The molecule has 14 heavy (non-hydrogen) atoms. The molecule has 2 N–H and O–H groups in total. The van der Waals surface area contributed by atoms with Gasteiger partial charge in [-0.2, -0.15) is 0 Å². The van der Waals surface area contributed by atoms with Gasteiger partial charge in [0.2, 0.25) is 0 Å². The third-order valence-electron chi connectivity index (χ3n) is 1.63. The molecule has 1 aromatic rings. The van der Waals surface area contributed by atoms with Gasteiger partial charge in [-0.25, -0.2) is 0 Å². The Morgan fingerprint density at radius 2 is 1.93 bits per heavy atom. The lowest BCUT2D eigenvalue weighted by atomic mass is 10.2. The number of rotatable bonds is 3. The van der Waals surface area contributed by atoms with Crippen molar-refractivity contribution < 1.29 is 5.11 Å². The fourth-order valence-corrected chi connectivity index (χ4v) is 2.28. The van der Waals surface area contributed by atoms with E-state index in [1.165, 1.54) is 0 Å². The number of benzene rings is 1. The summed E-state index contributed by atoms with van der Waals surface area (Å²) in [5.41, 5.74) is 1.05. The topological polar surface area (TPSA) is 32.3 Å². The molecule has 0 aliphatic heterocycles. The van der Waals surface area contributed by atoms with Gasteiger partial charge in [0.25, 0.3) is 0 Å². The number of phenols is 1. The summed E-state index contributed by atoms with van der Waals surface area (Å²) < 4.78 is 1.34. The fourth-order valence-electron chi connectivity index (χ4n) is 0.999. The second-order valence-corrected chi connectivity index (χ2v) is 4.42. The number of nitrogens with one attached hydrogen (secondary N) is 1. The lowest BCUT2D eigenvalue weighted by Gasteiger charge is -2.05. The van der Waals surface area contributed by atoms with Crippen molar-refractivity contribution in [3.8, 4) is 18.1 Å². The summed E-state index contributed by atoms with van der Waals surface area (Å²) in [5.74, 6) is 2.71. The summed E-state index contributed by atoms with van der Waals surface area (Å²) in [7, 11) is 0. The van der Waals surface area contributed by atoms with Crippen molar-refractivity contribution in [2.75, 3.05) is 6.54 Å². The van der Waals surface area contributed by atoms with Crippen LogP contribution < -0.4 is 5.32 Å². The Bertz CT molecular complexity index is 348. The van der Waals surface area contributed by atoms with Crippen LogP contribution >= 0.6 is 31.9 Å². The summed E-state index contributed by atoms with van der Waals surface area (Å²) in [5, 5.41) is 12.5. The zero-order valence-corrected chi connectivity index (χ0v) is 10.5. The molecular weight excluding hydrogens is 310 g/mol. The van der Waals surface area contributed by atoms with E-state index in [0.29, 0.717) is 22.0 Å². The summed E-state index contributed by atoms with van der Waals surface area (Å²) in [6.45, 7) is 1.22. The van der Waals surface area contributed by atoms with Crippen molar-refractivity contribution in [1.29, 1.82) is 0 Å². The monoisotopic (exact) mass is 317 g/mol. The lowest BCUT2D eigenvalue weighted by Crippen LogP contribution is -2.12. The van der Waals surface area contributed by atoms with Crippen LogP contribution in [0, 0.1) is 12.3 Å². The molecule has 0 aliphatic rings. The lowest BCUT2D eigenvalue weighted by molar-refractivity contribution is 0.468. The molecule has 0 heterocycles. The molecule has 0 fully saturated rings. The van der Waals surface area contributed by atoms with Crippen LogP contribution in [0.1, 0.15) is 5.56 Å². The third-order valence-corrected chi connectivity index (χ3v) is 2.84. The Balaban J connectivity index is 2.75. The molecule has 0 aliphatic carbocycles. The van der Waals surface area contributed by atoms with Gasteiger partial charge < -0.3 is 10.4 Å². The second-order valence-electron chi connectivity index (χ2n) is 2.72. The molecule has 0 aromatic heterocycles. The van der Waals surface area contributed by atoms with Crippen LogP contribution in [0.25, 0.3) is 0 Å². The van der Waals surface area contributed by atoms with Crippen molar-refractivity contribution in [1.82, 2.24) is 5.32 Å². The average Bonchev–Trinajstić information content (AvgIpc) is 2.14. The maximum absolute atomic E-state index is 9.46. The van der Waals surface area contributed by atoms with Crippen molar-refractivity contribution in [3.05, 3.63) is 26.6 Å². The minimum atomic E-state index is 0.214. The third kappa shape index (κ3) is 3.02. The largest absolute Gasteiger partial charge is 0.506 e. The Kier molecular flexibility index (Phi) is 4.46. The van der Waals surface area contributed by atoms with Gasteiger partial charge in [-0.1, -0.05) is 5.92 Å². The van der Waals surface area contributed by atoms with Crippen molar-refractivity contribution in [2.24, 2.45) is 0 Å². The van der Waals surface area contributed by atoms with E-state index < -0.39 is 0 Å². The number of hydrogen-bond acceptors (Lipinski definition) is 2. The quantitative estimate of drug-likeness (QED) is 0.663. The highest BCUT2D eigenvalue weighted by atomic mass is 79.9. The summed E-state index contributed by atoms with van der Waals surface area (Å²) in [6.07, 6.45) is 5.11. The van der Waals surface area contributed by atoms with Crippen LogP contribution in [-0.4, -0.2) is 11.7 Å². The molecule has 0 atom stereocenters. The molecule has 0 amide bonds. The van der Waals surface area contributed by atoms with Gasteiger partial charge in [0, 0.05) is 6.54 Å². The summed E-state index contributed by atoms with van der Waals surface area (Å²) in [6, 6.07) is 3.70. The summed E-state index contributed by atoms with van der Waals surface area (Å²) in [4.78, 5) is 0. The number of hydrogen-bond donors (Lipinski definition) is 2. The van der Waals surface area contributed by atoms with Crippen LogP contribution in [0.3, 0.4) is 0 Å². The Morgan fingerprint density at radius 3 is 2.43 bits per heavy atom. The van der Waals surface area contributed by atoms with E-state index in [4.69, 9.17) is 6.42 Å². The highest BCUT2D eigenvalue weighted by Gasteiger charge is 2.04. The first-order chi connectivity index (χ1) is 6.65. The second kappa shape index (κ2) is 5.40. The predicted molar refractivity (Wildman–Crippen MR) is 64.0 cm³/mol. The molecule has 74 valence electrons. The molecule has 1 rings (SSSR count). The standard InChI is InChI=1S/C10H9Br2NO/c1-2-3-13-6-7-4-8(11)10(14)9(12)5-7/h1,4-5,13-14H,3,6H2. The Labute approximate surface area is 100.0 Å². The van der Waals surface area contributed by atoms with Crippen molar-refractivity contribution >= 4 is 31.9 Å². The van der Waals surface area contributed by atoms with Crippen molar-refractivity contribution in [2.45, 2.75) is 6.54 Å². The van der Waals surface area contributed by atoms with Gasteiger partial charge in [0.15, 0.2) is 0 Å². The number of aromatic hydroxyl groups is 1. The van der Waals surface area contributed by atoms with E-state index >= 15 is 0 Å². The van der Waals surface area contributed by atoms with Crippen LogP contribution in [-0.2, 0) is 6.54 Å². The molecule has 0 radical (unpaired) electrons. The normalized spacial score (nSPS) is 9.79. The molecule has 0 bridgehead atoms. The van der Waals surface area contributed by atoms with E-state index in [0.717, 1.165) is 5.56 Å². The molecule has 0 saturated heterocycles. The van der Waals surface area contributed by atoms with Gasteiger partial charge in [-0.05, 0) is 49.6 Å². The molecule has 0 unspecified atom stereocenters. The van der Waals surface area contributed by atoms with Crippen LogP contribution in [0.5, 0.6) is 5.75 Å². The van der Waals surface area contributed by atoms with E-state index in [1.54, 1.807) is 0 Å². The molecule has 2 nitrogen and oxygen atoms in total. The highest BCUT2D eigenvalue weighted by Crippen LogP contribution is 2.33. The first kappa shape index (κ1) is 11.6. The zero-order valence-electron chi connectivity index (χ0n) is 7.35. The van der Waals surface area contributed by atoms with Crippen molar-refractivity contribution in [3.63, 3.8) is 0 Å². The van der Waals surface area contributed by atoms with Crippen LogP contribution in [0.4, 0.5) is 0 Å². The molecular formula is C10H9Br2NO. The average molecular weight is 319 g/mol. The summed E-state index contributed by atoms with van der Waals surface area (Å²) >= 11 is 6.52. The van der Waals surface area contributed by atoms with E-state index in [9.17, 15) is 5.11 Å². The molecule has 1 aromatic carbocycles. The zero-order chi connectivity index (χ0) is 10.6. The number of phenolic OH excluding ortho intramolecular Hbond substituents is 1. The van der Waals surface area contributed by atoms with Gasteiger partial charge in [-0.3, -0.25) is 0 Å². The van der Waals surface area contributed by atoms with Gasteiger partial charge >= 0.3 is 0 Å². The molecule has 0 saturated carbocycles. The maximum atomic E-state index is 9.46. The molecule has 4 heteroatoms.